The van der Waals surface area contributed by atoms with E-state index in [1.165, 1.54) is 167 Å². The normalized spacial score (nSPS) is 13.0. The highest BCUT2D eigenvalue weighted by atomic mass is 16.5. The molecule has 0 rings (SSSR count). The Morgan fingerprint density at radius 3 is 1.39 bits per heavy atom. The van der Waals surface area contributed by atoms with Gasteiger partial charge in [-0.3, -0.25) is 9.59 Å². The minimum atomic E-state index is -0.847. The molecular weight excluding hydrogens is 707 g/mol. The van der Waals surface area contributed by atoms with Crippen LogP contribution >= 0.6 is 0 Å². The Kier molecular flexibility index (Phi) is 45.2. The number of hydrogen-bond acceptors (Lipinski definition) is 5. The number of nitrogens with one attached hydrogen (secondary N) is 1. The van der Waals surface area contributed by atoms with E-state index in [9.17, 15) is 19.8 Å². The summed E-state index contributed by atoms with van der Waals surface area (Å²) < 4.78 is 5.45. The predicted octanol–water partition coefficient (Wildman–Crippen LogP) is 14.5. The highest BCUT2D eigenvalue weighted by Crippen LogP contribution is 2.15. The van der Waals surface area contributed by atoms with Crippen molar-refractivity contribution in [2.24, 2.45) is 0 Å². The monoisotopic (exact) mass is 802 g/mol. The van der Waals surface area contributed by atoms with Crippen LogP contribution in [0.5, 0.6) is 0 Å². The standard InChI is InChI=1S/C51H95NO5/c1-3-5-7-9-11-13-15-16-22-25-29-33-37-41-45-51(56)57-46-42-38-34-30-26-23-20-18-17-19-21-24-28-32-36-40-44-50(55)52-48(47-53)49(54)43-39-35-31-27-14-12-10-8-6-4-2/h9,11,15-16,39,43,48-49,53-54H,3-8,10,12-14,17-38,40-42,44-47H2,1-2H3,(H,52,55)/b11-9-,16-15-,43-39+. The first-order valence-electron chi connectivity index (χ1n) is 24.8. The second kappa shape index (κ2) is 46.8. The number of hydrogen-bond donors (Lipinski definition) is 3. The fourth-order valence-corrected chi connectivity index (χ4v) is 7.30. The van der Waals surface area contributed by atoms with Crippen LogP contribution in [0.15, 0.2) is 36.5 Å². The summed E-state index contributed by atoms with van der Waals surface area (Å²) in [5.41, 5.74) is 0. The van der Waals surface area contributed by atoms with Crippen LogP contribution in [0.4, 0.5) is 0 Å². The number of amides is 1. The first kappa shape index (κ1) is 55.1. The Morgan fingerprint density at radius 2 is 0.895 bits per heavy atom. The topological polar surface area (TPSA) is 95.9 Å². The molecule has 0 spiro atoms. The molecule has 3 N–H and O–H groups in total. The second-order valence-electron chi connectivity index (χ2n) is 16.8. The average Bonchev–Trinajstić information content (AvgIpc) is 3.21. The molecule has 2 unspecified atom stereocenters. The van der Waals surface area contributed by atoms with E-state index in [4.69, 9.17) is 4.74 Å². The van der Waals surface area contributed by atoms with Gasteiger partial charge in [-0.2, -0.15) is 0 Å². The van der Waals surface area contributed by atoms with Crippen molar-refractivity contribution in [2.75, 3.05) is 13.2 Å². The zero-order chi connectivity index (χ0) is 41.5. The van der Waals surface area contributed by atoms with E-state index >= 15 is 0 Å². The molecule has 57 heavy (non-hydrogen) atoms. The van der Waals surface area contributed by atoms with Crippen molar-refractivity contribution in [3.63, 3.8) is 0 Å². The van der Waals surface area contributed by atoms with Crippen LogP contribution in [0.1, 0.15) is 251 Å². The fraction of sp³-hybridized carbons (Fsp3) is 0.843. The molecule has 0 aromatic heterocycles. The van der Waals surface area contributed by atoms with Crippen LogP contribution in [0.2, 0.25) is 0 Å². The van der Waals surface area contributed by atoms with Gasteiger partial charge >= 0.3 is 5.97 Å². The van der Waals surface area contributed by atoms with Crippen LogP contribution in [-0.2, 0) is 14.3 Å². The van der Waals surface area contributed by atoms with Crippen LogP contribution in [0.3, 0.4) is 0 Å². The van der Waals surface area contributed by atoms with E-state index in [1.54, 1.807) is 6.08 Å². The quantitative estimate of drug-likeness (QED) is 0.0324. The fourth-order valence-electron chi connectivity index (χ4n) is 7.30. The van der Waals surface area contributed by atoms with Crippen molar-refractivity contribution < 1.29 is 24.5 Å². The number of unbranched alkanes of at least 4 members (excludes halogenated alkanes) is 30. The lowest BCUT2D eigenvalue weighted by Crippen LogP contribution is -2.45. The van der Waals surface area contributed by atoms with Crippen molar-refractivity contribution in [1.82, 2.24) is 5.32 Å². The summed E-state index contributed by atoms with van der Waals surface area (Å²) in [7, 11) is 0. The van der Waals surface area contributed by atoms with Gasteiger partial charge in [-0.25, -0.2) is 0 Å². The summed E-state index contributed by atoms with van der Waals surface area (Å²) in [4.78, 5) is 24.4. The second-order valence-corrected chi connectivity index (χ2v) is 16.8. The van der Waals surface area contributed by atoms with Gasteiger partial charge in [0, 0.05) is 12.8 Å². The molecule has 2 atom stereocenters. The van der Waals surface area contributed by atoms with Gasteiger partial charge in [0.15, 0.2) is 0 Å². The Hall–Kier alpha value is -1.92. The first-order chi connectivity index (χ1) is 28.0. The van der Waals surface area contributed by atoms with Gasteiger partial charge in [-0.05, 0) is 57.8 Å². The smallest absolute Gasteiger partial charge is 0.305 e. The van der Waals surface area contributed by atoms with Gasteiger partial charge in [0.1, 0.15) is 0 Å². The molecule has 6 nitrogen and oxygen atoms in total. The number of rotatable bonds is 45. The molecule has 0 fully saturated rings. The minimum absolute atomic E-state index is 0.0135. The molecule has 6 heteroatoms. The molecule has 0 saturated heterocycles. The lowest BCUT2D eigenvalue weighted by Gasteiger charge is -2.20. The summed E-state index contributed by atoms with van der Waals surface area (Å²) in [6, 6.07) is -0.631. The number of ether oxygens (including phenoxy) is 1. The van der Waals surface area contributed by atoms with Crippen molar-refractivity contribution in [2.45, 2.75) is 264 Å². The van der Waals surface area contributed by atoms with E-state index in [-0.39, 0.29) is 18.5 Å². The Morgan fingerprint density at radius 1 is 0.491 bits per heavy atom. The molecule has 0 aromatic rings. The summed E-state index contributed by atoms with van der Waals surface area (Å²) in [6.07, 6.45) is 55.7. The van der Waals surface area contributed by atoms with Gasteiger partial charge < -0.3 is 20.3 Å². The number of carbonyl (C=O) groups is 2. The first-order valence-corrected chi connectivity index (χ1v) is 24.8. The lowest BCUT2D eigenvalue weighted by molar-refractivity contribution is -0.143. The van der Waals surface area contributed by atoms with Crippen molar-refractivity contribution in [1.29, 1.82) is 0 Å². The maximum Gasteiger partial charge on any atom is 0.305 e. The third-order valence-corrected chi connectivity index (χ3v) is 11.2. The van der Waals surface area contributed by atoms with Gasteiger partial charge in [0.05, 0.1) is 25.4 Å². The number of esters is 1. The predicted molar refractivity (Wildman–Crippen MR) is 246 cm³/mol. The third-order valence-electron chi connectivity index (χ3n) is 11.2. The summed E-state index contributed by atoms with van der Waals surface area (Å²) in [6.45, 7) is 4.81. The maximum absolute atomic E-state index is 12.4. The summed E-state index contributed by atoms with van der Waals surface area (Å²) in [5, 5.41) is 22.9. The van der Waals surface area contributed by atoms with Crippen LogP contribution < -0.4 is 5.32 Å². The molecule has 0 bridgehead atoms. The van der Waals surface area contributed by atoms with E-state index < -0.39 is 12.1 Å². The molecule has 0 radical (unpaired) electrons. The minimum Gasteiger partial charge on any atom is -0.466 e. The molecule has 0 heterocycles. The zero-order valence-corrected chi connectivity index (χ0v) is 37.8. The van der Waals surface area contributed by atoms with Crippen LogP contribution in [0, 0.1) is 0 Å². The Bertz CT molecular complexity index is 931. The van der Waals surface area contributed by atoms with E-state index in [2.05, 4.69) is 43.5 Å². The van der Waals surface area contributed by atoms with Crippen molar-refractivity contribution in [3.8, 4) is 0 Å². The van der Waals surface area contributed by atoms with Crippen molar-refractivity contribution in [3.05, 3.63) is 36.5 Å². The van der Waals surface area contributed by atoms with Crippen LogP contribution in [-0.4, -0.2) is 47.4 Å². The van der Waals surface area contributed by atoms with Gasteiger partial charge in [0.25, 0.3) is 0 Å². The summed E-state index contributed by atoms with van der Waals surface area (Å²) >= 11 is 0. The van der Waals surface area contributed by atoms with E-state index in [0.717, 1.165) is 57.8 Å². The molecule has 0 aliphatic rings. The van der Waals surface area contributed by atoms with Gasteiger partial charge in [-0.1, -0.05) is 217 Å². The number of allylic oxidation sites excluding steroid dienone is 5. The molecule has 0 aliphatic carbocycles. The molecule has 0 saturated carbocycles. The highest BCUT2D eigenvalue weighted by Gasteiger charge is 2.18. The highest BCUT2D eigenvalue weighted by molar-refractivity contribution is 5.76. The molecule has 1 amide bonds. The van der Waals surface area contributed by atoms with E-state index in [1.807, 2.05) is 6.08 Å². The lowest BCUT2D eigenvalue weighted by atomic mass is 10.0. The van der Waals surface area contributed by atoms with Crippen molar-refractivity contribution >= 4 is 11.9 Å². The maximum atomic E-state index is 12.4. The largest absolute Gasteiger partial charge is 0.466 e. The van der Waals surface area contributed by atoms with Gasteiger partial charge in [-0.15, -0.1) is 0 Å². The number of aliphatic hydroxyl groups excluding tert-OH is 2. The number of aliphatic hydroxyl groups is 2. The molecule has 334 valence electrons. The van der Waals surface area contributed by atoms with Gasteiger partial charge in [0.2, 0.25) is 5.91 Å². The molecule has 0 aromatic carbocycles. The van der Waals surface area contributed by atoms with Crippen LogP contribution in [0.25, 0.3) is 0 Å². The van der Waals surface area contributed by atoms with E-state index in [0.29, 0.717) is 19.4 Å². The molecule has 0 aliphatic heterocycles. The Balaban J connectivity index is 3.44. The average molecular weight is 802 g/mol. The zero-order valence-electron chi connectivity index (χ0n) is 37.8. The SMILES string of the molecule is CCCC/C=C\C/C=C\CCCCCCCC(=O)OCCCCCCCCCCCCCCCCCCC(=O)NC(CO)C(O)/C=C/CCCCCCCCCC. The Labute approximate surface area is 353 Å². The number of carbonyl (C=O) groups excluding carboxylic acids is 2. The third kappa shape index (κ3) is 43.5. The molecular formula is C51H95NO5. The summed E-state index contributed by atoms with van der Waals surface area (Å²) in [5.74, 6) is -0.0917.